The maximum Gasteiger partial charge on any atom is 0.243 e. The average Bonchev–Trinajstić information content (AvgIpc) is 4.09. The maximum absolute atomic E-state index is 14.3. The summed E-state index contributed by atoms with van der Waals surface area (Å²) in [5.41, 5.74) is 34.9. The molecule has 460 valence electrons. The minimum Gasteiger partial charge on any atom is -0.370 e. The van der Waals surface area contributed by atoms with Gasteiger partial charge in [-0.3, -0.25) is 62.5 Å². The number of benzene rings is 2. The van der Waals surface area contributed by atoms with Crippen molar-refractivity contribution in [3.05, 3.63) is 90.1 Å². The van der Waals surface area contributed by atoms with Crippen molar-refractivity contribution in [2.45, 2.75) is 113 Å². The summed E-state index contributed by atoms with van der Waals surface area (Å²) >= 11 is 1.44. The van der Waals surface area contributed by atoms with Crippen molar-refractivity contribution < 1.29 is 57.5 Å². The van der Waals surface area contributed by atoms with Crippen molar-refractivity contribution in [1.29, 1.82) is 0 Å². The molecule has 85 heavy (non-hydrogen) atoms. The van der Waals surface area contributed by atoms with Gasteiger partial charge in [-0.2, -0.15) is 11.8 Å². The van der Waals surface area contributed by atoms with Gasteiger partial charge in [0.2, 0.25) is 70.9 Å². The molecule has 4 rings (SSSR count). The van der Waals surface area contributed by atoms with Gasteiger partial charge in [0.25, 0.3) is 0 Å². The van der Waals surface area contributed by atoms with Crippen LogP contribution in [0.2, 0.25) is 0 Å². The molecule has 8 atom stereocenters. The number of hydrogen-bond acceptors (Lipinski definition) is 16. The first-order valence-corrected chi connectivity index (χ1v) is 28.2. The van der Waals surface area contributed by atoms with Gasteiger partial charge >= 0.3 is 0 Å². The number of H-pyrrole nitrogens is 2. The molecule has 0 radical (unpaired) electrons. The van der Waals surface area contributed by atoms with E-state index in [0.717, 1.165) is 0 Å². The maximum atomic E-state index is 14.3. The highest BCUT2D eigenvalue weighted by Gasteiger charge is 2.34. The Morgan fingerprint density at radius 2 is 1.16 bits per heavy atom. The Hall–Kier alpha value is -9.59. The molecular formula is C53H75N19O12S. The fourth-order valence-corrected chi connectivity index (χ4v) is 8.90. The second-order valence-electron chi connectivity index (χ2n) is 19.5. The number of carbonyl (C=O) groups is 12. The topological polar surface area (TPSA) is 526 Å². The summed E-state index contributed by atoms with van der Waals surface area (Å²) in [5, 5.41) is 23.3. The van der Waals surface area contributed by atoms with Crippen molar-refractivity contribution >= 4 is 99.5 Å². The van der Waals surface area contributed by atoms with Crippen LogP contribution in [0, 0.1) is 0 Å². The standard InChI is InChI=1S/C53H75N19O12S/c1-28(65-49(81)38(20-30-24-62-33-12-7-6-11-32(30)33)72-48(80)36(14-15-41(55)73)70-52(84)40(22-42(56)74)66-43(75)23-54)46(78)69-35(13-8-17-61-53(58)59)47(79)63-26-44(76)67-39(21-31-25-60-27-64-31)51(83)71-37(19-29-9-4-3-5-10-29)50(82)68-34(45(57)77)16-18-85-2/h3-7,9-12,24-25,27-28,34-40,62H,8,13-23,26,54H2,1-2H3,(H2,55,73)(H2,56,74)(H2,57,77)(H,60,64)(H,63,79)(H,65,81)(H,66,75)(H,67,76)(H,68,82)(H,69,78)(H,70,84)(H,71,83)(H,72,80)(H4,58,59,61)/t28-,34-,35-,36-,37-,38-,39-,40-/m0/s1. The molecule has 2 aromatic heterocycles. The van der Waals surface area contributed by atoms with Crippen LogP contribution in [-0.2, 0) is 76.8 Å². The van der Waals surface area contributed by atoms with Crippen LogP contribution in [0.15, 0.2) is 78.3 Å². The molecular weight excluding hydrogens is 1130 g/mol. The van der Waals surface area contributed by atoms with Crippen LogP contribution < -0.4 is 82.3 Å². The number of imidazole rings is 1. The van der Waals surface area contributed by atoms with E-state index >= 15 is 0 Å². The van der Waals surface area contributed by atoms with Gasteiger partial charge in [-0.1, -0.05) is 48.5 Å². The molecule has 0 spiro atoms. The predicted molar refractivity (Wildman–Crippen MR) is 312 cm³/mol. The summed E-state index contributed by atoms with van der Waals surface area (Å²) in [6.07, 6.45) is 4.45. The van der Waals surface area contributed by atoms with Crippen LogP contribution in [-0.4, -0.2) is 172 Å². The summed E-state index contributed by atoms with van der Waals surface area (Å²) in [6, 6.07) is 4.52. The van der Waals surface area contributed by atoms with E-state index in [2.05, 4.69) is 67.8 Å². The highest BCUT2D eigenvalue weighted by Crippen LogP contribution is 2.20. The number of guanidine groups is 1. The first-order valence-electron chi connectivity index (χ1n) is 26.8. The average molecular weight is 1200 g/mol. The van der Waals surface area contributed by atoms with Crippen LogP contribution in [0.3, 0.4) is 0 Å². The number of para-hydroxylation sites is 1. The van der Waals surface area contributed by atoms with Gasteiger partial charge in [0.05, 0.1) is 25.8 Å². The van der Waals surface area contributed by atoms with Crippen molar-refractivity contribution in [3.8, 4) is 0 Å². The van der Waals surface area contributed by atoms with Gasteiger partial charge in [-0.15, -0.1) is 0 Å². The van der Waals surface area contributed by atoms with Crippen molar-refractivity contribution in [2.75, 3.05) is 31.6 Å². The Morgan fingerprint density at radius 1 is 0.588 bits per heavy atom. The normalized spacial score (nSPS) is 13.7. The minimum absolute atomic E-state index is 0.00762. The van der Waals surface area contributed by atoms with E-state index in [1.54, 1.807) is 60.8 Å². The zero-order valence-corrected chi connectivity index (χ0v) is 47.7. The lowest BCUT2D eigenvalue weighted by Crippen LogP contribution is -2.59. The zero-order valence-electron chi connectivity index (χ0n) is 46.9. The van der Waals surface area contributed by atoms with Crippen LogP contribution in [0.25, 0.3) is 10.9 Å². The summed E-state index contributed by atoms with van der Waals surface area (Å²) in [6.45, 7) is -0.0193. The predicted octanol–water partition coefficient (Wildman–Crippen LogP) is -5.68. The number of nitrogens with one attached hydrogen (secondary N) is 11. The van der Waals surface area contributed by atoms with Gasteiger partial charge in [-0.05, 0) is 61.8 Å². The number of carbonyl (C=O) groups excluding carboxylic acids is 12. The van der Waals surface area contributed by atoms with Crippen molar-refractivity contribution in [2.24, 2.45) is 39.4 Å². The molecule has 2 aromatic carbocycles. The van der Waals surface area contributed by atoms with E-state index in [9.17, 15) is 57.5 Å². The van der Waals surface area contributed by atoms with E-state index in [4.69, 9.17) is 34.4 Å². The summed E-state index contributed by atoms with van der Waals surface area (Å²) < 4.78 is 0. The number of rotatable bonds is 37. The molecule has 0 aliphatic carbocycles. The zero-order chi connectivity index (χ0) is 62.6. The SMILES string of the molecule is CSCC[C@H](NC(=O)[C@H](Cc1ccccc1)NC(=O)[C@H](Cc1cnc[nH]1)NC(=O)CNC(=O)[C@H](CCCN=C(N)N)NC(=O)[C@H](C)NC(=O)[C@H](Cc1c[nH]c2ccccc12)NC(=O)[C@H](CCC(N)=O)NC(=O)[C@H](CC(N)=O)NC(=O)CN)C(N)=O. The number of fused-ring (bicyclic) bond motifs is 1. The fourth-order valence-electron chi connectivity index (χ4n) is 8.43. The number of nitrogens with two attached hydrogens (primary N) is 6. The van der Waals surface area contributed by atoms with E-state index in [0.29, 0.717) is 33.5 Å². The van der Waals surface area contributed by atoms with Crippen LogP contribution in [0.5, 0.6) is 0 Å². The Kier molecular flexibility index (Phi) is 27.8. The Morgan fingerprint density at radius 3 is 1.79 bits per heavy atom. The number of aromatic amines is 2. The minimum atomic E-state index is -1.60. The Labute approximate surface area is 492 Å². The molecule has 32 heteroatoms. The van der Waals surface area contributed by atoms with Crippen molar-refractivity contribution in [3.63, 3.8) is 0 Å². The molecule has 0 aliphatic rings. The molecule has 31 nitrogen and oxygen atoms in total. The molecule has 4 aromatic rings. The molecule has 0 unspecified atom stereocenters. The second-order valence-corrected chi connectivity index (χ2v) is 20.5. The first-order chi connectivity index (χ1) is 40.5. The van der Waals surface area contributed by atoms with Gasteiger partial charge in [0.1, 0.15) is 48.3 Å². The summed E-state index contributed by atoms with van der Waals surface area (Å²) in [5.74, 6) is -10.4. The number of aliphatic imine (C=N–C) groups is 1. The third kappa shape index (κ3) is 23.7. The third-order valence-electron chi connectivity index (χ3n) is 12.9. The Balaban J connectivity index is 1.54. The number of primary amides is 3. The lowest BCUT2D eigenvalue weighted by molar-refractivity contribution is -0.135. The number of hydrogen-bond donors (Lipinski definition) is 17. The largest absolute Gasteiger partial charge is 0.370 e. The number of nitrogens with zero attached hydrogens (tertiary/aromatic N) is 2. The van der Waals surface area contributed by atoms with Crippen LogP contribution in [0.4, 0.5) is 0 Å². The second kappa shape index (κ2) is 34.8. The van der Waals surface area contributed by atoms with Crippen LogP contribution in [0.1, 0.15) is 62.3 Å². The summed E-state index contributed by atoms with van der Waals surface area (Å²) in [7, 11) is 0. The van der Waals surface area contributed by atoms with Gasteiger partial charge in [-0.25, -0.2) is 4.98 Å². The highest BCUT2D eigenvalue weighted by molar-refractivity contribution is 7.98. The van der Waals surface area contributed by atoms with E-state index < -0.39 is 152 Å². The van der Waals surface area contributed by atoms with E-state index in [1.165, 1.54) is 31.2 Å². The molecule has 0 bridgehead atoms. The molecule has 23 N–H and O–H groups in total. The van der Waals surface area contributed by atoms with E-state index in [-0.39, 0.29) is 51.0 Å². The lowest BCUT2D eigenvalue weighted by atomic mass is 10.0. The highest BCUT2D eigenvalue weighted by atomic mass is 32.2. The van der Waals surface area contributed by atoms with Gasteiger partial charge in [0, 0.05) is 61.2 Å². The van der Waals surface area contributed by atoms with Gasteiger partial charge in [0.15, 0.2) is 5.96 Å². The van der Waals surface area contributed by atoms with Gasteiger partial charge < -0.3 is 92.2 Å². The smallest absolute Gasteiger partial charge is 0.243 e. The van der Waals surface area contributed by atoms with Crippen molar-refractivity contribution in [1.82, 2.24) is 62.8 Å². The molecule has 0 saturated carbocycles. The molecule has 12 amide bonds. The summed E-state index contributed by atoms with van der Waals surface area (Å²) in [4.78, 5) is 173. The fraction of sp³-hybridized carbons (Fsp3) is 0.434. The number of thioether (sulfide) groups is 1. The molecule has 0 fully saturated rings. The molecule has 2 heterocycles. The first kappa shape index (κ1) is 67.9. The quantitative estimate of drug-likeness (QED) is 0.0114. The Bertz CT molecular complexity index is 2990. The molecule has 0 saturated heterocycles. The number of aromatic nitrogens is 3. The monoisotopic (exact) mass is 1200 g/mol. The lowest BCUT2D eigenvalue weighted by Gasteiger charge is -2.26. The number of amides is 12. The van der Waals surface area contributed by atoms with Crippen LogP contribution >= 0.6 is 11.8 Å². The van der Waals surface area contributed by atoms with E-state index in [1.807, 2.05) is 6.26 Å². The molecule has 0 aliphatic heterocycles. The third-order valence-corrected chi connectivity index (χ3v) is 13.5.